The summed E-state index contributed by atoms with van der Waals surface area (Å²) in [5.41, 5.74) is 2.70. The lowest BCUT2D eigenvalue weighted by molar-refractivity contribution is -0.131. The molecule has 4 rings (SSSR count). The Labute approximate surface area is 192 Å². The zero-order chi connectivity index (χ0) is 23.2. The van der Waals surface area contributed by atoms with Crippen LogP contribution in [0.2, 0.25) is 0 Å². The van der Waals surface area contributed by atoms with Crippen LogP contribution >= 0.6 is 0 Å². The Kier molecular flexibility index (Phi) is 6.69. The maximum atomic E-state index is 12.6. The number of carbonyl (C=O) groups excluding carboxylic acids is 2. The van der Waals surface area contributed by atoms with Gasteiger partial charge in [0, 0.05) is 37.8 Å². The predicted molar refractivity (Wildman–Crippen MR) is 124 cm³/mol. The third-order valence-corrected chi connectivity index (χ3v) is 5.66. The van der Waals surface area contributed by atoms with Crippen molar-refractivity contribution in [2.24, 2.45) is 0 Å². The van der Waals surface area contributed by atoms with Crippen LogP contribution in [0.25, 0.3) is 10.5 Å². The fourth-order valence-electron chi connectivity index (χ4n) is 3.73. The van der Waals surface area contributed by atoms with Gasteiger partial charge in [-0.25, -0.2) is 9.83 Å². The SMILES string of the molecule is [C-]#[N+]c1ccc(C)c(OC2CCN(C(=O)CNC(=O)c3cn(-c4ccccc4)cn3)CC2)c1. The number of aromatic nitrogens is 2. The molecule has 2 aromatic carbocycles. The highest BCUT2D eigenvalue weighted by Crippen LogP contribution is 2.27. The van der Waals surface area contributed by atoms with Crippen molar-refractivity contribution in [1.82, 2.24) is 19.8 Å². The third kappa shape index (κ3) is 5.39. The summed E-state index contributed by atoms with van der Waals surface area (Å²) in [7, 11) is 0. The van der Waals surface area contributed by atoms with Crippen LogP contribution in [0.5, 0.6) is 5.75 Å². The number of hydrogen-bond acceptors (Lipinski definition) is 4. The van der Waals surface area contributed by atoms with Crippen molar-refractivity contribution < 1.29 is 14.3 Å². The molecule has 1 aliphatic heterocycles. The maximum Gasteiger partial charge on any atom is 0.271 e. The van der Waals surface area contributed by atoms with E-state index >= 15 is 0 Å². The number of imidazole rings is 1. The van der Waals surface area contributed by atoms with Crippen molar-refractivity contribution in [1.29, 1.82) is 0 Å². The van der Waals surface area contributed by atoms with Gasteiger partial charge in [0.1, 0.15) is 23.9 Å². The molecule has 168 valence electrons. The average molecular weight is 444 g/mol. The van der Waals surface area contributed by atoms with Gasteiger partial charge in [-0.1, -0.05) is 30.3 Å². The molecule has 8 nitrogen and oxygen atoms in total. The largest absolute Gasteiger partial charge is 0.491 e. The Bertz CT molecular complexity index is 1170. The molecule has 0 saturated carbocycles. The monoisotopic (exact) mass is 443 g/mol. The lowest BCUT2D eigenvalue weighted by atomic mass is 10.1. The lowest BCUT2D eigenvalue weighted by Gasteiger charge is -2.32. The molecule has 0 radical (unpaired) electrons. The van der Waals surface area contributed by atoms with E-state index in [-0.39, 0.29) is 30.2 Å². The topological polar surface area (TPSA) is 80.8 Å². The number of benzene rings is 2. The standard InChI is InChI=1S/C25H25N5O3/c1-18-8-9-19(26-2)14-23(18)33-21-10-12-29(13-11-21)24(31)15-27-25(32)22-16-30(17-28-22)20-6-4-3-5-7-20/h3-9,14,16-17,21H,10-13,15H2,1H3,(H,27,32). The summed E-state index contributed by atoms with van der Waals surface area (Å²) in [6.45, 7) is 10.2. The van der Waals surface area contributed by atoms with Crippen LogP contribution in [0.1, 0.15) is 28.9 Å². The minimum atomic E-state index is -0.383. The van der Waals surface area contributed by atoms with Gasteiger partial charge in [0.25, 0.3) is 5.91 Å². The number of aryl methyl sites for hydroxylation is 1. The molecule has 1 saturated heterocycles. The Morgan fingerprint density at radius 2 is 1.94 bits per heavy atom. The molecule has 1 aliphatic rings. The number of rotatable bonds is 6. The van der Waals surface area contributed by atoms with Gasteiger partial charge in [-0.3, -0.25) is 9.59 Å². The zero-order valence-electron chi connectivity index (χ0n) is 18.4. The van der Waals surface area contributed by atoms with Gasteiger partial charge >= 0.3 is 0 Å². The van der Waals surface area contributed by atoms with E-state index < -0.39 is 0 Å². The van der Waals surface area contributed by atoms with E-state index in [0.717, 1.165) is 17.0 Å². The average Bonchev–Trinajstić information content (AvgIpc) is 3.35. The summed E-state index contributed by atoms with van der Waals surface area (Å²) in [5.74, 6) is 0.206. The second-order valence-electron chi connectivity index (χ2n) is 7.94. The van der Waals surface area contributed by atoms with Gasteiger partial charge in [-0.2, -0.15) is 0 Å². The van der Waals surface area contributed by atoms with Crippen molar-refractivity contribution in [2.45, 2.75) is 25.9 Å². The number of likely N-dealkylation sites (tertiary alicyclic amines) is 1. The summed E-state index contributed by atoms with van der Waals surface area (Å²) in [6.07, 6.45) is 4.60. The van der Waals surface area contributed by atoms with Gasteiger partial charge in [-0.05, 0) is 30.7 Å². The third-order valence-electron chi connectivity index (χ3n) is 5.66. The molecule has 0 aliphatic carbocycles. The van der Waals surface area contributed by atoms with E-state index in [9.17, 15) is 9.59 Å². The molecule has 1 fully saturated rings. The fourth-order valence-corrected chi connectivity index (χ4v) is 3.73. The number of nitrogens with zero attached hydrogens (tertiary/aromatic N) is 4. The van der Waals surface area contributed by atoms with Crippen LogP contribution in [-0.2, 0) is 4.79 Å². The highest BCUT2D eigenvalue weighted by Gasteiger charge is 2.25. The highest BCUT2D eigenvalue weighted by atomic mass is 16.5. The van der Waals surface area contributed by atoms with E-state index in [1.54, 1.807) is 34.1 Å². The predicted octanol–water partition coefficient (Wildman–Crippen LogP) is 3.53. The number of carbonyl (C=O) groups is 2. The molecule has 1 N–H and O–H groups in total. The number of amides is 2. The van der Waals surface area contributed by atoms with Crippen molar-refractivity contribution in [3.8, 4) is 11.4 Å². The number of para-hydroxylation sites is 1. The second-order valence-corrected chi connectivity index (χ2v) is 7.94. The zero-order valence-corrected chi connectivity index (χ0v) is 18.4. The highest BCUT2D eigenvalue weighted by molar-refractivity contribution is 5.94. The first-order chi connectivity index (χ1) is 16.0. The van der Waals surface area contributed by atoms with Crippen LogP contribution in [0, 0.1) is 13.5 Å². The maximum absolute atomic E-state index is 12.6. The van der Waals surface area contributed by atoms with Crippen LogP contribution < -0.4 is 10.1 Å². The molecule has 0 atom stereocenters. The van der Waals surface area contributed by atoms with Gasteiger partial charge in [-0.15, -0.1) is 0 Å². The molecule has 2 heterocycles. The van der Waals surface area contributed by atoms with Crippen molar-refractivity contribution >= 4 is 17.5 Å². The molecule has 0 unspecified atom stereocenters. The van der Waals surface area contributed by atoms with Gasteiger partial charge in [0.2, 0.25) is 5.91 Å². The molecular formula is C25H25N5O3. The van der Waals surface area contributed by atoms with E-state index in [2.05, 4.69) is 15.1 Å². The normalized spacial score (nSPS) is 13.9. The summed E-state index contributed by atoms with van der Waals surface area (Å²) in [5, 5.41) is 2.67. The summed E-state index contributed by atoms with van der Waals surface area (Å²) >= 11 is 0. The summed E-state index contributed by atoms with van der Waals surface area (Å²) < 4.78 is 7.85. The van der Waals surface area contributed by atoms with E-state index in [1.165, 1.54) is 0 Å². The van der Waals surface area contributed by atoms with Crippen LogP contribution in [-0.4, -0.2) is 52.0 Å². The van der Waals surface area contributed by atoms with Crippen LogP contribution in [0.3, 0.4) is 0 Å². The van der Waals surface area contributed by atoms with E-state index in [4.69, 9.17) is 11.3 Å². The van der Waals surface area contributed by atoms with Crippen molar-refractivity contribution in [3.63, 3.8) is 0 Å². The Morgan fingerprint density at radius 1 is 1.18 bits per heavy atom. The molecule has 0 spiro atoms. The molecule has 33 heavy (non-hydrogen) atoms. The number of piperidine rings is 1. The van der Waals surface area contributed by atoms with Gasteiger partial charge in [0.15, 0.2) is 5.69 Å². The first-order valence-corrected chi connectivity index (χ1v) is 10.8. The first kappa shape index (κ1) is 22.1. The number of hydrogen-bond donors (Lipinski definition) is 1. The van der Waals surface area contributed by atoms with Crippen molar-refractivity contribution in [2.75, 3.05) is 19.6 Å². The van der Waals surface area contributed by atoms with E-state index in [0.29, 0.717) is 31.6 Å². The first-order valence-electron chi connectivity index (χ1n) is 10.8. The Morgan fingerprint density at radius 3 is 2.67 bits per heavy atom. The molecule has 1 aromatic heterocycles. The smallest absolute Gasteiger partial charge is 0.271 e. The lowest BCUT2D eigenvalue weighted by Crippen LogP contribution is -2.46. The van der Waals surface area contributed by atoms with Crippen LogP contribution in [0.4, 0.5) is 5.69 Å². The number of ether oxygens (including phenoxy) is 1. The molecule has 8 heteroatoms. The molecule has 0 bridgehead atoms. The minimum absolute atomic E-state index is 0.00900. The quantitative estimate of drug-likeness (QED) is 0.591. The molecule has 2 amide bonds. The van der Waals surface area contributed by atoms with Crippen LogP contribution in [0.15, 0.2) is 61.1 Å². The molecular weight excluding hydrogens is 418 g/mol. The van der Waals surface area contributed by atoms with Gasteiger partial charge in [0.05, 0.1) is 13.1 Å². The Hall–Kier alpha value is -4.12. The summed E-state index contributed by atoms with van der Waals surface area (Å²) in [4.78, 5) is 34.3. The molecule has 3 aromatic rings. The second kappa shape index (κ2) is 10.0. The minimum Gasteiger partial charge on any atom is -0.491 e. The van der Waals surface area contributed by atoms with Gasteiger partial charge < -0.3 is 19.5 Å². The number of nitrogens with one attached hydrogen (secondary N) is 1. The fraction of sp³-hybridized carbons (Fsp3) is 0.280. The van der Waals surface area contributed by atoms with Crippen molar-refractivity contribution in [3.05, 3.63) is 83.7 Å². The summed E-state index contributed by atoms with van der Waals surface area (Å²) in [6, 6.07) is 15.0. The Balaban J connectivity index is 1.25. The van der Waals surface area contributed by atoms with E-state index in [1.807, 2.05) is 43.3 Å².